The van der Waals surface area contributed by atoms with Crippen molar-refractivity contribution in [2.45, 2.75) is 16.7 Å². The highest BCUT2D eigenvalue weighted by atomic mass is 32.2. The molecule has 0 radical (unpaired) electrons. The molecule has 2 aromatic carbocycles. The molecule has 0 spiro atoms. The molecule has 0 amide bonds. The van der Waals surface area contributed by atoms with E-state index in [4.69, 9.17) is 0 Å². The standard InChI is InChI=1S/C19H15NS2/c1-3-8-18-19-13(2)21-16-11-6-4-9-14(16)20(19)15-10-5-7-12-17(15)22-18/h3-12H,1H2,2H3/b18-8+. The normalized spacial score (nSPS) is 17.9. The molecule has 1 nitrogen and oxygen atoms in total. The Balaban J connectivity index is 2.03. The summed E-state index contributed by atoms with van der Waals surface area (Å²) in [5, 5.41) is 0. The van der Waals surface area contributed by atoms with E-state index in [0.29, 0.717) is 0 Å². The van der Waals surface area contributed by atoms with Crippen molar-refractivity contribution in [2.24, 2.45) is 0 Å². The van der Waals surface area contributed by atoms with Crippen LogP contribution in [-0.2, 0) is 0 Å². The molecule has 3 heteroatoms. The molecule has 2 heterocycles. The maximum atomic E-state index is 3.88. The minimum atomic E-state index is 1.26. The molecule has 2 aliphatic rings. The Morgan fingerprint density at radius 1 is 0.909 bits per heavy atom. The highest BCUT2D eigenvalue weighted by Gasteiger charge is 2.32. The van der Waals surface area contributed by atoms with E-state index in [0.717, 1.165) is 0 Å². The first-order valence-electron chi connectivity index (χ1n) is 7.17. The highest BCUT2D eigenvalue weighted by Crippen LogP contribution is 2.56. The molecule has 0 saturated heterocycles. The number of rotatable bonds is 1. The molecular weight excluding hydrogens is 306 g/mol. The third-order valence-electron chi connectivity index (χ3n) is 3.75. The van der Waals surface area contributed by atoms with Crippen LogP contribution < -0.4 is 4.90 Å². The number of hydrogen-bond donors (Lipinski definition) is 0. The Morgan fingerprint density at radius 2 is 1.50 bits per heavy atom. The van der Waals surface area contributed by atoms with E-state index in [9.17, 15) is 0 Å². The zero-order valence-electron chi connectivity index (χ0n) is 12.2. The highest BCUT2D eigenvalue weighted by molar-refractivity contribution is 8.04. The first kappa shape index (κ1) is 13.8. The summed E-state index contributed by atoms with van der Waals surface area (Å²) in [6.07, 6.45) is 3.99. The first-order chi connectivity index (χ1) is 10.8. The predicted molar refractivity (Wildman–Crippen MR) is 97.7 cm³/mol. The lowest BCUT2D eigenvalue weighted by Crippen LogP contribution is -2.24. The summed E-state index contributed by atoms with van der Waals surface area (Å²) in [5.41, 5.74) is 3.80. The second-order valence-electron chi connectivity index (χ2n) is 5.15. The molecule has 0 saturated carbocycles. The number of fused-ring (bicyclic) bond motifs is 5. The maximum absolute atomic E-state index is 3.88. The summed E-state index contributed by atoms with van der Waals surface area (Å²) >= 11 is 3.67. The van der Waals surface area contributed by atoms with Crippen LogP contribution in [0.1, 0.15) is 6.92 Å². The van der Waals surface area contributed by atoms with Gasteiger partial charge in [-0.15, -0.1) is 0 Å². The van der Waals surface area contributed by atoms with Gasteiger partial charge in [0.25, 0.3) is 0 Å². The zero-order valence-corrected chi connectivity index (χ0v) is 13.9. The summed E-state index contributed by atoms with van der Waals surface area (Å²) in [4.78, 5) is 7.57. The van der Waals surface area contributed by atoms with Gasteiger partial charge in [-0.05, 0) is 37.3 Å². The Morgan fingerprint density at radius 3 is 2.14 bits per heavy atom. The van der Waals surface area contributed by atoms with Gasteiger partial charge in [0.1, 0.15) is 0 Å². The maximum Gasteiger partial charge on any atom is 0.0697 e. The number of para-hydroxylation sites is 2. The Labute approximate surface area is 139 Å². The fourth-order valence-corrected chi connectivity index (χ4v) is 5.12. The van der Waals surface area contributed by atoms with Crippen molar-refractivity contribution in [2.75, 3.05) is 4.90 Å². The Kier molecular flexibility index (Phi) is 3.40. The lowest BCUT2D eigenvalue weighted by Gasteiger charge is -2.39. The molecule has 108 valence electrons. The lowest BCUT2D eigenvalue weighted by atomic mass is 10.1. The topological polar surface area (TPSA) is 3.24 Å². The Hall–Kier alpha value is -1.84. The van der Waals surface area contributed by atoms with Gasteiger partial charge < -0.3 is 4.90 Å². The minimum Gasteiger partial charge on any atom is -0.306 e. The average molecular weight is 321 g/mol. The van der Waals surface area contributed by atoms with E-state index in [1.807, 2.05) is 29.6 Å². The number of anilines is 2. The summed E-state index contributed by atoms with van der Waals surface area (Å²) < 4.78 is 0. The molecule has 0 aliphatic carbocycles. The molecule has 4 rings (SSSR count). The Bertz CT molecular complexity index is 833. The van der Waals surface area contributed by atoms with E-state index in [1.54, 1.807) is 0 Å². The number of allylic oxidation sites excluding steroid dienone is 3. The second kappa shape index (κ2) is 5.41. The summed E-state index contributed by atoms with van der Waals surface area (Å²) in [6, 6.07) is 17.2. The molecular formula is C19H15NS2. The number of benzene rings is 2. The van der Waals surface area contributed by atoms with Gasteiger partial charge in [-0.25, -0.2) is 0 Å². The van der Waals surface area contributed by atoms with Crippen LogP contribution in [-0.4, -0.2) is 0 Å². The molecule has 2 aromatic rings. The van der Waals surface area contributed by atoms with Gasteiger partial charge in [-0.2, -0.15) is 0 Å². The predicted octanol–water partition coefficient (Wildman–Crippen LogP) is 6.34. The first-order valence-corrected chi connectivity index (χ1v) is 8.81. The molecule has 22 heavy (non-hydrogen) atoms. The van der Waals surface area contributed by atoms with E-state index >= 15 is 0 Å². The van der Waals surface area contributed by atoms with Crippen molar-refractivity contribution in [3.05, 3.63) is 82.8 Å². The van der Waals surface area contributed by atoms with E-state index in [1.165, 1.54) is 36.7 Å². The number of thioether (sulfide) groups is 2. The fraction of sp³-hybridized carbons (Fsp3) is 0.0526. The lowest BCUT2D eigenvalue weighted by molar-refractivity contribution is 1.09. The fourth-order valence-electron chi connectivity index (χ4n) is 2.87. The van der Waals surface area contributed by atoms with Crippen LogP contribution in [0.4, 0.5) is 11.4 Å². The number of nitrogens with zero attached hydrogens (tertiary/aromatic N) is 1. The van der Waals surface area contributed by atoms with E-state index < -0.39 is 0 Å². The summed E-state index contributed by atoms with van der Waals surface area (Å²) in [7, 11) is 0. The van der Waals surface area contributed by atoms with Crippen LogP contribution in [0.2, 0.25) is 0 Å². The van der Waals surface area contributed by atoms with Crippen LogP contribution in [0.3, 0.4) is 0 Å². The molecule has 0 N–H and O–H groups in total. The summed E-state index contributed by atoms with van der Waals surface area (Å²) in [6.45, 7) is 6.08. The second-order valence-corrected chi connectivity index (χ2v) is 7.49. The van der Waals surface area contributed by atoms with E-state index in [-0.39, 0.29) is 0 Å². The molecule has 0 bridgehead atoms. The monoisotopic (exact) mass is 321 g/mol. The smallest absolute Gasteiger partial charge is 0.0697 e. The van der Waals surface area contributed by atoms with Crippen molar-refractivity contribution >= 4 is 34.9 Å². The van der Waals surface area contributed by atoms with Gasteiger partial charge in [0, 0.05) is 19.6 Å². The van der Waals surface area contributed by atoms with Crippen LogP contribution in [0.25, 0.3) is 0 Å². The molecule has 0 fully saturated rings. The van der Waals surface area contributed by atoms with Crippen molar-refractivity contribution in [3.63, 3.8) is 0 Å². The van der Waals surface area contributed by atoms with Gasteiger partial charge >= 0.3 is 0 Å². The van der Waals surface area contributed by atoms with Gasteiger partial charge in [0.05, 0.1) is 17.1 Å². The molecule has 0 atom stereocenters. The van der Waals surface area contributed by atoms with Gasteiger partial charge in [0.2, 0.25) is 0 Å². The largest absolute Gasteiger partial charge is 0.306 e. The third-order valence-corrected chi connectivity index (χ3v) is 5.93. The summed E-state index contributed by atoms with van der Waals surface area (Å²) in [5.74, 6) is 0. The van der Waals surface area contributed by atoms with Gasteiger partial charge in [0.15, 0.2) is 0 Å². The quantitative estimate of drug-likeness (QED) is 0.603. The van der Waals surface area contributed by atoms with Crippen LogP contribution in [0.15, 0.2) is 92.6 Å². The van der Waals surface area contributed by atoms with E-state index in [2.05, 4.69) is 73.0 Å². The van der Waals surface area contributed by atoms with Crippen molar-refractivity contribution in [1.29, 1.82) is 0 Å². The van der Waals surface area contributed by atoms with Gasteiger partial charge in [-0.3, -0.25) is 0 Å². The van der Waals surface area contributed by atoms with Crippen molar-refractivity contribution < 1.29 is 0 Å². The molecule has 0 unspecified atom stereocenters. The van der Waals surface area contributed by atoms with Crippen LogP contribution in [0, 0.1) is 0 Å². The molecule has 0 aromatic heterocycles. The average Bonchev–Trinajstić information content (AvgIpc) is 2.54. The van der Waals surface area contributed by atoms with Crippen LogP contribution in [0.5, 0.6) is 0 Å². The van der Waals surface area contributed by atoms with Crippen molar-refractivity contribution in [1.82, 2.24) is 0 Å². The molecule has 2 aliphatic heterocycles. The third kappa shape index (κ3) is 2.04. The minimum absolute atomic E-state index is 1.26. The van der Waals surface area contributed by atoms with Crippen molar-refractivity contribution in [3.8, 4) is 0 Å². The SMILES string of the molecule is C=C/C=C1/Sc2ccccc2N2C1=C(C)Sc1ccccc12. The number of hydrogen-bond acceptors (Lipinski definition) is 3. The zero-order chi connectivity index (χ0) is 15.1. The van der Waals surface area contributed by atoms with Gasteiger partial charge in [-0.1, -0.05) is 60.4 Å². The van der Waals surface area contributed by atoms with Crippen LogP contribution >= 0.6 is 23.5 Å².